The second-order valence-electron chi connectivity index (χ2n) is 6.50. The van der Waals surface area contributed by atoms with Crippen LogP contribution in [0.15, 0.2) is 48.5 Å². The van der Waals surface area contributed by atoms with Crippen LogP contribution in [0, 0.1) is 13.8 Å². The molecule has 0 aliphatic rings. The SMILES string of the molecule is Cc1nc(C)n(-c2ccccc2Cl)c1C(=O)N[C@@H](C)c1ccc(C(=O)O)cc1. The highest BCUT2D eigenvalue weighted by atomic mass is 35.5. The second-order valence-corrected chi connectivity index (χ2v) is 6.91. The monoisotopic (exact) mass is 397 g/mol. The van der Waals surface area contributed by atoms with Crippen molar-refractivity contribution in [2.45, 2.75) is 26.8 Å². The number of rotatable bonds is 5. The topological polar surface area (TPSA) is 84.2 Å². The molecule has 7 heteroatoms. The highest BCUT2D eigenvalue weighted by Crippen LogP contribution is 2.25. The summed E-state index contributed by atoms with van der Waals surface area (Å²) in [6.45, 7) is 5.44. The number of benzene rings is 2. The zero-order valence-corrected chi connectivity index (χ0v) is 16.5. The van der Waals surface area contributed by atoms with Crippen molar-refractivity contribution < 1.29 is 14.7 Å². The number of imidazole rings is 1. The third-order valence-corrected chi connectivity index (χ3v) is 4.85. The van der Waals surface area contributed by atoms with E-state index in [4.69, 9.17) is 16.7 Å². The molecule has 0 saturated carbocycles. The van der Waals surface area contributed by atoms with Gasteiger partial charge in [0.05, 0.1) is 28.0 Å². The first-order valence-corrected chi connectivity index (χ1v) is 9.12. The number of carboxylic acids is 1. The number of carbonyl (C=O) groups excluding carboxylic acids is 1. The van der Waals surface area contributed by atoms with E-state index in [2.05, 4.69) is 10.3 Å². The smallest absolute Gasteiger partial charge is 0.335 e. The summed E-state index contributed by atoms with van der Waals surface area (Å²) in [5.41, 5.74) is 2.70. The molecule has 6 nitrogen and oxygen atoms in total. The number of aromatic carboxylic acids is 1. The van der Waals surface area contributed by atoms with Gasteiger partial charge in [-0.3, -0.25) is 9.36 Å². The van der Waals surface area contributed by atoms with Gasteiger partial charge in [0.1, 0.15) is 11.5 Å². The van der Waals surface area contributed by atoms with E-state index < -0.39 is 5.97 Å². The number of nitrogens with zero attached hydrogens (tertiary/aromatic N) is 2. The fourth-order valence-corrected chi connectivity index (χ4v) is 3.35. The average Bonchev–Trinajstić information content (AvgIpc) is 2.96. The van der Waals surface area contributed by atoms with Gasteiger partial charge in [0.15, 0.2) is 0 Å². The molecule has 144 valence electrons. The lowest BCUT2D eigenvalue weighted by atomic mass is 10.1. The zero-order chi connectivity index (χ0) is 20.4. The predicted molar refractivity (Wildman–Crippen MR) is 107 cm³/mol. The summed E-state index contributed by atoms with van der Waals surface area (Å²) < 4.78 is 1.74. The van der Waals surface area contributed by atoms with Crippen molar-refractivity contribution in [2.24, 2.45) is 0 Å². The van der Waals surface area contributed by atoms with E-state index in [9.17, 15) is 9.59 Å². The number of para-hydroxylation sites is 1. The van der Waals surface area contributed by atoms with E-state index in [1.54, 1.807) is 29.7 Å². The minimum absolute atomic E-state index is 0.200. The van der Waals surface area contributed by atoms with Crippen LogP contribution in [0.4, 0.5) is 0 Å². The highest BCUT2D eigenvalue weighted by molar-refractivity contribution is 6.32. The molecule has 0 spiro atoms. The molecule has 3 rings (SSSR count). The van der Waals surface area contributed by atoms with Crippen molar-refractivity contribution in [3.63, 3.8) is 0 Å². The third-order valence-electron chi connectivity index (χ3n) is 4.53. The Morgan fingerprint density at radius 3 is 2.36 bits per heavy atom. The van der Waals surface area contributed by atoms with Crippen LogP contribution in [0.2, 0.25) is 5.02 Å². The van der Waals surface area contributed by atoms with E-state index in [1.807, 2.05) is 32.0 Å². The van der Waals surface area contributed by atoms with Gasteiger partial charge in [-0.2, -0.15) is 0 Å². The van der Waals surface area contributed by atoms with Crippen LogP contribution in [-0.2, 0) is 0 Å². The van der Waals surface area contributed by atoms with Crippen molar-refractivity contribution in [1.82, 2.24) is 14.9 Å². The third kappa shape index (κ3) is 3.77. The molecule has 28 heavy (non-hydrogen) atoms. The van der Waals surface area contributed by atoms with Crippen molar-refractivity contribution in [1.29, 1.82) is 0 Å². The molecule has 2 N–H and O–H groups in total. The molecule has 0 fully saturated rings. The van der Waals surface area contributed by atoms with E-state index in [-0.39, 0.29) is 17.5 Å². The van der Waals surface area contributed by atoms with Crippen molar-refractivity contribution in [3.8, 4) is 5.69 Å². The summed E-state index contributed by atoms with van der Waals surface area (Å²) in [4.78, 5) is 28.5. The van der Waals surface area contributed by atoms with E-state index in [0.29, 0.717) is 27.9 Å². The number of hydrogen-bond donors (Lipinski definition) is 2. The van der Waals surface area contributed by atoms with Crippen molar-refractivity contribution in [2.75, 3.05) is 0 Å². The van der Waals surface area contributed by atoms with Gasteiger partial charge in [-0.25, -0.2) is 9.78 Å². The lowest BCUT2D eigenvalue weighted by Crippen LogP contribution is -2.29. The Bertz CT molecular complexity index is 1040. The molecule has 0 unspecified atom stereocenters. The van der Waals surface area contributed by atoms with Crippen molar-refractivity contribution >= 4 is 23.5 Å². The largest absolute Gasteiger partial charge is 0.478 e. The van der Waals surface area contributed by atoms with Crippen LogP contribution < -0.4 is 5.32 Å². The van der Waals surface area contributed by atoms with Gasteiger partial charge in [-0.05, 0) is 50.6 Å². The van der Waals surface area contributed by atoms with Gasteiger partial charge in [0.2, 0.25) is 0 Å². The van der Waals surface area contributed by atoms with Gasteiger partial charge >= 0.3 is 5.97 Å². The summed E-state index contributed by atoms with van der Waals surface area (Å²) >= 11 is 6.33. The summed E-state index contributed by atoms with van der Waals surface area (Å²) in [5, 5.41) is 12.5. The lowest BCUT2D eigenvalue weighted by molar-refractivity contribution is 0.0696. The number of carboxylic acid groups (broad SMARTS) is 1. The van der Waals surface area contributed by atoms with E-state index >= 15 is 0 Å². The number of nitrogens with one attached hydrogen (secondary N) is 1. The Kier molecular flexibility index (Phi) is 5.51. The van der Waals surface area contributed by atoms with E-state index in [1.165, 1.54) is 12.1 Å². The summed E-state index contributed by atoms with van der Waals surface area (Å²) in [6, 6.07) is 13.4. The van der Waals surface area contributed by atoms with Crippen molar-refractivity contribution in [3.05, 3.63) is 81.9 Å². The van der Waals surface area contributed by atoms with Crippen LogP contribution >= 0.6 is 11.6 Å². The average molecular weight is 398 g/mol. The molecule has 1 aromatic heterocycles. The van der Waals surface area contributed by atoms with E-state index in [0.717, 1.165) is 5.56 Å². The second kappa shape index (κ2) is 7.86. The maximum Gasteiger partial charge on any atom is 0.335 e. The molecule has 2 aromatic carbocycles. The molecule has 3 aromatic rings. The molecule has 1 heterocycles. The number of aromatic nitrogens is 2. The van der Waals surface area contributed by atoms with Crippen LogP contribution in [0.25, 0.3) is 5.69 Å². The minimum atomic E-state index is -0.988. The molecule has 0 saturated heterocycles. The Morgan fingerprint density at radius 1 is 1.11 bits per heavy atom. The summed E-state index contributed by atoms with van der Waals surface area (Å²) in [6.07, 6.45) is 0. The fourth-order valence-electron chi connectivity index (χ4n) is 3.13. The summed E-state index contributed by atoms with van der Waals surface area (Å²) in [7, 11) is 0. The first kappa shape index (κ1) is 19.6. The molecular weight excluding hydrogens is 378 g/mol. The fraction of sp³-hybridized carbons (Fsp3) is 0.190. The number of aryl methyl sites for hydroxylation is 2. The predicted octanol–water partition coefficient (Wildman–Crippen LogP) is 4.33. The quantitative estimate of drug-likeness (QED) is 0.671. The Hall–Kier alpha value is -3.12. The normalized spacial score (nSPS) is 11.9. The molecule has 0 aliphatic heterocycles. The number of hydrogen-bond acceptors (Lipinski definition) is 3. The van der Waals surface area contributed by atoms with Gasteiger partial charge < -0.3 is 10.4 Å². The van der Waals surface area contributed by atoms with Gasteiger partial charge in [0.25, 0.3) is 5.91 Å². The molecule has 1 amide bonds. The van der Waals surface area contributed by atoms with Gasteiger partial charge in [0, 0.05) is 0 Å². The maximum atomic E-state index is 13.0. The van der Waals surface area contributed by atoms with Crippen LogP contribution in [0.1, 0.15) is 50.9 Å². The lowest BCUT2D eigenvalue weighted by Gasteiger charge is -2.17. The molecule has 0 radical (unpaired) electrons. The van der Waals surface area contributed by atoms with Crippen LogP contribution in [0.5, 0.6) is 0 Å². The molecule has 0 aliphatic carbocycles. The van der Waals surface area contributed by atoms with Crippen LogP contribution in [0.3, 0.4) is 0 Å². The van der Waals surface area contributed by atoms with Gasteiger partial charge in [-0.15, -0.1) is 0 Å². The first-order valence-electron chi connectivity index (χ1n) is 8.74. The molecule has 0 bridgehead atoms. The highest BCUT2D eigenvalue weighted by Gasteiger charge is 2.22. The van der Waals surface area contributed by atoms with Gasteiger partial charge in [-0.1, -0.05) is 35.9 Å². The Balaban J connectivity index is 1.91. The Labute approximate surface area is 167 Å². The first-order chi connectivity index (χ1) is 13.3. The standard InChI is InChI=1S/C21H20ClN3O3/c1-12(15-8-10-16(11-9-15)21(27)28)24-20(26)19-13(2)23-14(3)25(19)18-7-5-4-6-17(18)22/h4-12H,1-3H3,(H,24,26)(H,27,28)/t12-/m0/s1. The number of amides is 1. The van der Waals surface area contributed by atoms with Crippen LogP contribution in [-0.4, -0.2) is 26.5 Å². The Morgan fingerprint density at radius 2 is 1.75 bits per heavy atom. The number of halogens is 1. The molecular formula is C21H20ClN3O3. The zero-order valence-electron chi connectivity index (χ0n) is 15.7. The maximum absolute atomic E-state index is 13.0. The number of carbonyl (C=O) groups is 2. The molecule has 1 atom stereocenters. The summed E-state index contributed by atoms with van der Waals surface area (Å²) in [5.74, 6) is -0.611. The minimum Gasteiger partial charge on any atom is -0.478 e.